The van der Waals surface area contributed by atoms with E-state index in [1.54, 1.807) is 0 Å². The minimum atomic E-state index is -1.61. The standard InChI is InChI=1S/C21H28OSi/c1-4-8-17-9-7-14-23(2,3)22-21(15-17)20-13-12-18-10-5-6-11-19(18)16-20/h5-6,10-13,15-17H,4,7-9,14H2,1-3H3/b21-15-. The first-order chi connectivity index (χ1) is 11.1. The lowest BCUT2D eigenvalue weighted by atomic mass is 9.95. The molecular weight excluding hydrogens is 296 g/mol. The van der Waals surface area contributed by atoms with Crippen LogP contribution in [-0.2, 0) is 4.43 Å². The highest BCUT2D eigenvalue weighted by molar-refractivity contribution is 6.71. The molecule has 1 aliphatic rings. The van der Waals surface area contributed by atoms with Gasteiger partial charge in [0.25, 0.3) is 0 Å². The Bertz CT molecular complexity index is 702. The van der Waals surface area contributed by atoms with Crippen LogP contribution in [0.1, 0.15) is 38.2 Å². The van der Waals surface area contributed by atoms with Gasteiger partial charge < -0.3 is 4.43 Å². The highest BCUT2D eigenvalue weighted by atomic mass is 28.4. The molecule has 23 heavy (non-hydrogen) atoms. The van der Waals surface area contributed by atoms with Crippen LogP contribution in [-0.4, -0.2) is 8.32 Å². The Balaban J connectivity index is 2.00. The van der Waals surface area contributed by atoms with E-state index in [-0.39, 0.29) is 0 Å². The molecule has 0 amide bonds. The number of hydrogen-bond donors (Lipinski definition) is 0. The molecule has 122 valence electrons. The Labute approximate surface area is 141 Å². The summed E-state index contributed by atoms with van der Waals surface area (Å²) in [6, 6.07) is 16.6. The van der Waals surface area contributed by atoms with E-state index in [1.807, 2.05) is 0 Å². The van der Waals surface area contributed by atoms with Crippen molar-refractivity contribution in [2.45, 2.75) is 51.7 Å². The first-order valence-corrected chi connectivity index (χ1v) is 12.1. The van der Waals surface area contributed by atoms with E-state index in [4.69, 9.17) is 4.43 Å². The quantitative estimate of drug-likeness (QED) is 0.577. The van der Waals surface area contributed by atoms with Gasteiger partial charge in [-0.1, -0.05) is 56.2 Å². The molecule has 0 radical (unpaired) electrons. The van der Waals surface area contributed by atoms with E-state index in [0.29, 0.717) is 5.92 Å². The zero-order valence-electron chi connectivity index (χ0n) is 14.6. The molecule has 0 aliphatic carbocycles. The fourth-order valence-corrected chi connectivity index (χ4v) is 5.51. The summed E-state index contributed by atoms with van der Waals surface area (Å²) in [6.07, 6.45) is 7.55. The van der Waals surface area contributed by atoms with Gasteiger partial charge in [-0.15, -0.1) is 0 Å². The largest absolute Gasteiger partial charge is 0.544 e. The van der Waals surface area contributed by atoms with Gasteiger partial charge in [-0.3, -0.25) is 0 Å². The van der Waals surface area contributed by atoms with E-state index in [0.717, 1.165) is 5.76 Å². The van der Waals surface area contributed by atoms with Gasteiger partial charge in [0.15, 0.2) is 0 Å². The summed E-state index contributed by atoms with van der Waals surface area (Å²) < 4.78 is 6.59. The molecule has 0 bridgehead atoms. The van der Waals surface area contributed by atoms with Gasteiger partial charge in [0, 0.05) is 5.56 Å². The van der Waals surface area contributed by atoms with Crippen LogP contribution < -0.4 is 0 Å². The number of benzene rings is 2. The molecule has 0 aromatic heterocycles. The monoisotopic (exact) mass is 324 g/mol. The predicted molar refractivity (Wildman–Crippen MR) is 103 cm³/mol. The van der Waals surface area contributed by atoms with Crippen molar-refractivity contribution in [3.63, 3.8) is 0 Å². The number of fused-ring (bicyclic) bond motifs is 1. The third kappa shape index (κ3) is 4.05. The van der Waals surface area contributed by atoms with Gasteiger partial charge in [0.2, 0.25) is 8.32 Å². The topological polar surface area (TPSA) is 9.23 Å². The summed E-state index contributed by atoms with van der Waals surface area (Å²) in [5.74, 6) is 1.79. The van der Waals surface area contributed by atoms with Crippen LogP contribution in [0.4, 0.5) is 0 Å². The van der Waals surface area contributed by atoms with E-state index >= 15 is 0 Å². The van der Waals surface area contributed by atoms with Gasteiger partial charge in [-0.25, -0.2) is 0 Å². The maximum absolute atomic E-state index is 6.59. The van der Waals surface area contributed by atoms with E-state index in [1.165, 1.54) is 48.1 Å². The average molecular weight is 325 g/mol. The normalized spacial score (nSPS) is 23.4. The molecule has 1 heterocycles. The van der Waals surface area contributed by atoms with Crippen molar-refractivity contribution >= 4 is 24.8 Å². The molecular formula is C21H28OSi. The lowest BCUT2D eigenvalue weighted by molar-refractivity contribution is 0.452. The minimum absolute atomic E-state index is 0.659. The Morgan fingerprint density at radius 1 is 1.09 bits per heavy atom. The molecule has 0 saturated carbocycles. The van der Waals surface area contributed by atoms with Crippen LogP contribution in [0.25, 0.3) is 16.5 Å². The molecule has 0 saturated heterocycles. The zero-order chi connectivity index (χ0) is 16.3. The molecule has 1 atom stereocenters. The van der Waals surface area contributed by atoms with Crippen LogP contribution in [0.5, 0.6) is 0 Å². The fraction of sp³-hybridized carbons (Fsp3) is 0.429. The fourth-order valence-electron chi connectivity index (χ4n) is 3.57. The lowest BCUT2D eigenvalue weighted by Gasteiger charge is -2.30. The van der Waals surface area contributed by atoms with Crippen LogP contribution in [0.2, 0.25) is 19.1 Å². The van der Waals surface area contributed by atoms with Crippen molar-refractivity contribution in [1.82, 2.24) is 0 Å². The molecule has 0 N–H and O–H groups in total. The summed E-state index contributed by atoms with van der Waals surface area (Å²) in [5, 5.41) is 2.59. The van der Waals surface area contributed by atoms with Crippen LogP contribution in [0.15, 0.2) is 48.5 Å². The van der Waals surface area contributed by atoms with E-state index in [2.05, 4.69) is 68.6 Å². The third-order valence-electron chi connectivity index (χ3n) is 4.82. The molecule has 0 fully saturated rings. The summed E-state index contributed by atoms with van der Waals surface area (Å²) in [4.78, 5) is 0. The molecule has 1 nitrogen and oxygen atoms in total. The Morgan fingerprint density at radius 2 is 1.87 bits per heavy atom. The lowest BCUT2D eigenvalue weighted by Crippen LogP contribution is -2.30. The van der Waals surface area contributed by atoms with Crippen molar-refractivity contribution < 1.29 is 4.43 Å². The van der Waals surface area contributed by atoms with Crippen molar-refractivity contribution in [1.29, 1.82) is 0 Å². The predicted octanol–water partition coefficient (Wildman–Crippen LogP) is 6.61. The smallest absolute Gasteiger partial charge is 0.245 e. The first kappa shape index (κ1) is 16.3. The molecule has 0 spiro atoms. The maximum atomic E-state index is 6.59. The minimum Gasteiger partial charge on any atom is -0.544 e. The SMILES string of the molecule is CCCC1/C=C(/c2ccc3ccccc3c2)O[Si](C)(C)CCC1. The number of allylic oxidation sites excluding steroid dienone is 1. The summed E-state index contributed by atoms with van der Waals surface area (Å²) in [7, 11) is -1.61. The molecule has 3 rings (SSSR count). The van der Waals surface area contributed by atoms with Gasteiger partial charge >= 0.3 is 0 Å². The van der Waals surface area contributed by atoms with Crippen molar-refractivity contribution in [2.75, 3.05) is 0 Å². The summed E-state index contributed by atoms with van der Waals surface area (Å²) in [5.41, 5.74) is 1.24. The Morgan fingerprint density at radius 3 is 2.65 bits per heavy atom. The molecule has 1 unspecified atom stereocenters. The second-order valence-corrected chi connectivity index (χ2v) is 11.6. The van der Waals surface area contributed by atoms with Crippen molar-refractivity contribution in [3.05, 3.63) is 54.1 Å². The maximum Gasteiger partial charge on any atom is 0.245 e. The van der Waals surface area contributed by atoms with Crippen molar-refractivity contribution in [3.8, 4) is 0 Å². The third-order valence-corrected chi connectivity index (χ3v) is 7.15. The summed E-state index contributed by atoms with van der Waals surface area (Å²) >= 11 is 0. The molecule has 2 aromatic carbocycles. The second kappa shape index (κ2) is 6.92. The number of rotatable bonds is 3. The molecule has 2 aromatic rings. The highest BCUT2D eigenvalue weighted by Gasteiger charge is 2.28. The van der Waals surface area contributed by atoms with Gasteiger partial charge in [0.05, 0.1) is 0 Å². The van der Waals surface area contributed by atoms with E-state index in [9.17, 15) is 0 Å². The first-order valence-electron chi connectivity index (χ1n) is 8.97. The van der Waals surface area contributed by atoms with Crippen LogP contribution >= 0.6 is 0 Å². The zero-order valence-corrected chi connectivity index (χ0v) is 15.6. The highest BCUT2D eigenvalue weighted by Crippen LogP contribution is 2.33. The van der Waals surface area contributed by atoms with Crippen LogP contribution in [0.3, 0.4) is 0 Å². The average Bonchev–Trinajstić information content (AvgIpc) is 2.52. The Hall–Kier alpha value is -1.54. The summed E-state index contributed by atoms with van der Waals surface area (Å²) in [6.45, 7) is 6.98. The van der Waals surface area contributed by atoms with E-state index < -0.39 is 8.32 Å². The number of hydrogen-bond acceptors (Lipinski definition) is 1. The molecule has 2 heteroatoms. The Kier molecular flexibility index (Phi) is 4.91. The van der Waals surface area contributed by atoms with Crippen molar-refractivity contribution in [2.24, 2.45) is 5.92 Å². The second-order valence-electron chi connectivity index (χ2n) is 7.40. The van der Waals surface area contributed by atoms with Gasteiger partial charge in [-0.2, -0.15) is 0 Å². The van der Waals surface area contributed by atoms with Gasteiger partial charge in [-0.05, 0) is 60.8 Å². The molecule has 1 aliphatic heterocycles. The van der Waals surface area contributed by atoms with Gasteiger partial charge in [0.1, 0.15) is 5.76 Å². The van der Waals surface area contributed by atoms with Crippen LogP contribution in [0, 0.1) is 5.92 Å².